The smallest absolute Gasteiger partial charge is 0.0643 e. The van der Waals surface area contributed by atoms with E-state index < -0.39 is 0 Å². The van der Waals surface area contributed by atoms with E-state index in [0.29, 0.717) is 96.2 Å². The highest BCUT2D eigenvalue weighted by molar-refractivity contribution is 5.14. The molecule has 0 spiro atoms. The number of rotatable bonds is 4. The minimum absolute atomic E-state index is 0.281. The fourth-order valence-electron chi connectivity index (χ4n) is 18.5. The van der Waals surface area contributed by atoms with Crippen molar-refractivity contribution in [1.82, 2.24) is 81.7 Å². The fourth-order valence-corrected chi connectivity index (χ4v) is 18.5. The van der Waals surface area contributed by atoms with E-state index in [9.17, 15) is 0 Å². The molecule has 4 saturated carbocycles. The maximum Gasteiger partial charge on any atom is 0.0643 e. The largest absolute Gasteiger partial charge is 0.304 e. The fraction of sp³-hybridized carbons (Fsp3) is 1.00. The second-order valence-electron chi connectivity index (χ2n) is 25.5. The van der Waals surface area contributed by atoms with Crippen LogP contribution in [0, 0.1) is 47.3 Å². The van der Waals surface area contributed by atoms with Crippen LogP contribution in [0.2, 0.25) is 0 Å². The lowest BCUT2D eigenvalue weighted by atomic mass is 9.72. The zero-order valence-corrected chi connectivity index (χ0v) is 42.9. The normalized spacial score (nSPS) is 51.0. The molecule has 12 unspecified atom stereocenters. The van der Waals surface area contributed by atoms with Crippen molar-refractivity contribution in [3.8, 4) is 0 Å². The first-order valence-corrected chi connectivity index (χ1v) is 29.1. The van der Waals surface area contributed by atoms with Crippen molar-refractivity contribution >= 4 is 0 Å². The summed E-state index contributed by atoms with van der Waals surface area (Å²) in [6.45, 7) is 19.2. The zero-order valence-electron chi connectivity index (χ0n) is 42.9. The number of piperazine rings is 4. The third-order valence-electron chi connectivity index (χ3n) is 22.1. The monoisotopic (exact) mass is 945 g/mol. The predicted octanol–water partition coefficient (Wildman–Crippen LogP) is -0.491. The van der Waals surface area contributed by atoms with E-state index in [2.05, 4.69) is 110 Å². The first-order valence-electron chi connectivity index (χ1n) is 29.1. The molecule has 9 aliphatic heterocycles. The molecule has 13 rings (SSSR count). The Kier molecular flexibility index (Phi) is 13.8. The molecular weight excluding hydrogens is 849 g/mol. The van der Waals surface area contributed by atoms with Crippen LogP contribution in [-0.4, -0.2) is 246 Å². The molecule has 9 saturated heterocycles. The Morgan fingerprint density at radius 1 is 0.235 bits per heavy atom. The summed E-state index contributed by atoms with van der Waals surface area (Å²) in [6.07, 6.45) is 18.3. The Balaban J connectivity index is 0.875. The molecule has 0 amide bonds. The minimum atomic E-state index is 0.281. The summed E-state index contributed by atoms with van der Waals surface area (Å²) in [5.74, 6) is 4.79. The zero-order chi connectivity index (χ0) is 45.6. The van der Waals surface area contributed by atoms with Gasteiger partial charge in [-0.15, -0.1) is 0 Å². The molecule has 0 aromatic heterocycles. The van der Waals surface area contributed by atoms with Gasteiger partial charge in [0.25, 0.3) is 0 Å². The average molecular weight is 945 g/mol. The van der Waals surface area contributed by atoms with E-state index in [1.54, 1.807) is 0 Å². The lowest BCUT2D eigenvalue weighted by Gasteiger charge is -2.48. The predicted molar refractivity (Wildman–Crippen MR) is 270 cm³/mol. The third kappa shape index (κ3) is 8.80. The average Bonchev–Trinajstić information content (AvgIpc) is 4.11. The van der Waals surface area contributed by atoms with Gasteiger partial charge in [-0.1, -0.05) is 25.7 Å². The van der Waals surface area contributed by atoms with E-state index >= 15 is 0 Å². The van der Waals surface area contributed by atoms with E-state index in [0.717, 1.165) is 0 Å². The van der Waals surface area contributed by atoms with Crippen molar-refractivity contribution in [1.29, 1.82) is 0 Å². The second kappa shape index (κ2) is 19.9. The quantitative estimate of drug-likeness (QED) is 0.185. The van der Waals surface area contributed by atoms with Gasteiger partial charge in [0, 0.05) is 153 Å². The molecule has 0 aromatic rings. The third-order valence-corrected chi connectivity index (χ3v) is 22.1. The van der Waals surface area contributed by atoms with Gasteiger partial charge in [0.2, 0.25) is 0 Å². The summed E-state index contributed by atoms with van der Waals surface area (Å²) in [5, 5.41) is 36.4. The first kappa shape index (κ1) is 47.1. The highest BCUT2D eigenvalue weighted by atomic mass is 15.4. The summed E-state index contributed by atoms with van der Waals surface area (Å²) in [5.41, 5.74) is 0. The molecule has 384 valence electrons. The van der Waals surface area contributed by atoms with Crippen molar-refractivity contribution in [2.24, 2.45) is 47.3 Å². The Bertz CT molecular complexity index is 1440. The van der Waals surface area contributed by atoms with Gasteiger partial charge in [-0.3, -0.25) is 62.1 Å². The van der Waals surface area contributed by atoms with Crippen molar-refractivity contribution in [3.63, 3.8) is 0 Å². The Labute approximate surface area is 411 Å². The number of hydrogen-bond donors (Lipinski definition) is 8. The van der Waals surface area contributed by atoms with E-state index in [-0.39, 0.29) is 24.7 Å². The molecule has 0 radical (unpaired) electrons. The van der Waals surface area contributed by atoms with Crippen LogP contribution in [0.25, 0.3) is 0 Å². The number of fused-ring (bicyclic) bond motifs is 20. The summed E-state index contributed by atoms with van der Waals surface area (Å²) in [6, 6.07) is 2.50. The van der Waals surface area contributed by atoms with Crippen LogP contribution >= 0.6 is 0 Å². The van der Waals surface area contributed by atoms with Crippen LogP contribution in [0.5, 0.6) is 0 Å². The van der Waals surface area contributed by atoms with Gasteiger partial charge in [0.1, 0.15) is 0 Å². The lowest BCUT2D eigenvalue weighted by molar-refractivity contribution is 0.0140. The van der Waals surface area contributed by atoms with Crippen LogP contribution in [0.15, 0.2) is 0 Å². The van der Waals surface area contributed by atoms with E-state index in [1.807, 2.05) is 0 Å². The highest BCUT2D eigenvalue weighted by Crippen LogP contribution is 2.48. The molecule has 16 heteroatoms. The van der Waals surface area contributed by atoms with Gasteiger partial charge < -0.3 is 19.6 Å². The molecular formula is C52H96N16. The van der Waals surface area contributed by atoms with Crippen LogP contribution < -0.4 is 42.5 Å². The molecule has 0 aromatic carbocycles. The van der Waals surface area contributed by atoms with Gasteiger partial charge in [-0.25, -0.2) is 0 Å². The molecule has 8 N–H and O–H groups in total. The minimum Gasteiger partial charge on any atom is -0.304 e. The maximum atomic E-state index is 4.60. The maximum absolute atomic E-state index is 4.60. The molecule has 12 atom stereocenters. The molecule has 8 bridgehead atoms. The number of nitrogens with one attached hydrogen (secondary N) is 8. The molecule has 4 aliphatic carbocycles. The molecule has 9 heterocycles. The van der Waals surface area contributed by atoms with E-state index in [1.165, 1.54) is 182 Å². The SMILES string of the molecule is CN1CCN(C2CCCC3C4NC(NC5NC(NC6NC(NC7NC(N4)C4C7CCCC4N4CCN(C)CC4)C4C6CCCC4N4CCN(C)CC4)C4C5CCCC4N4CCN(C)CC4)C32)CC1. The van der Waals surface area contributed by atoms with Crippen molar-refractivity contribution in [2.75, 3.05) is 133 Å². The molecule has 13 aliphatic rings. The summed E-state index contributed by atoms with van der Waals surface area (Å²) < 4.78 is 0. The van der Waals surface area contributed by atoms with Crippen LogP contribution in [0.1, 0.15) is 77.0 Å². The molecule has 13 fully saturated rings. The Hall–Kier alpha value is -0.640. The van der Waals surface area contributed by atoms with E-state index in [4.69, 9.17) is 0 Å². The Morgan fingerprint density at radius 3 is 0.618 bits per heavy atom. The van der Waals surface area contributed by atoms with Crippen molar-refractivity contribution in [3.05, 3.63) is 0 Å². The van der Waals surface area contributed by atoms with Gasteiger partial charge in [0.05, 0.1) is 49.3 Å². The first-order chi connectivity index (χ1) is 33.3. The van der Waals surface area contributed by atoms with Gasteiger partial charge in [-0.2, -0.15) is 0 Å². The molecule has 16 nitrogen and oxygen atoms in total. The van der Waals surface area contributed by atoms with Gasteiger partial charge >= 0.3 is 0 Å². The number of likely N-dealkylation sites (N-methyl/N-ethyl adjacent to an activating group) is 4. The van der Waals surface area contributed by atoms with Crippen molar-refractivity contribution < 1.29 is 0 Å². The summed E-state index contributed by atoms with van der Waals surface area (Å²) in [4.78, 5) is 22.0. The molecule has 68 heavy (non-hydrogen) atoms. The summed E-state index contributed by atoms with van der Waals surface area (Å²) in [7, 11) is 9.33. The highest BCUT2D eigenvalue weighted by Gasteiger charge is 2.60. The van der Waals surface area contributed by atoms with Crippen molar-refractivity contribution in [2.45, 2.75) is 151 Å². The van der Waals surface area contributed by atoms with Crippen LogP contribution in [0.3, 0.4) is 0 Å². The van der Waals surface area contributed by atoms with Crippen LogP contribution in [-0.2, 0) is 0 Å². The van der Waals surface area contributed by atoms with Gasteiger partial charge in [-0.05, 0) is 103 Å². The topological polar surface area (TPSA) is 122 Å². The lowest BCUT2D eigenvalue weighted by Crippen LogP contribution is -2.63. The Morgan fingerprint density at radius 2 is 0.426 bits per heavy atom. The number of hydrogen-bond acceptors (Lipinski definition) is 16. The van der Waals surface area contributed by atoms with Crippen LogP contribution in [0.4, 0.5) is 0 Å². The van der Waals surface area contributed by atoms with Gasteiger partial charge in [0.15, 0.2) is 0 Å². The second-order valence-corrected chi connectivity index (χ2v) is 25.5. The number of nitrogens with zero attached hydrogens (tertiary/aromatic N) is 8. The standard InChI is InChI=1S/C52H96N16/c1-61-17-25-65(26-18-61)37-13-5-9-33-41(37)49-53-45(33)58-50-43-35(11-7-15-39(43)67-29-21-63(3)22-30-67)47(55-50)60-52-44-36(12-8-16-40(44)68-31-23-64(4)24-32-68)48(56-52)59-51-42-34(46(54-51)57-49)10-6-14-38(42)66-27-19-62(2)20-28-66/h33-60H,5-32H2,1-4H3. The summed E-state index contributed by atoms with van der Waals surface area (Å²) >= 11 is 0.